The lowest BCUT2D eigenvalue weighted by Crippen LogP contribution is -2.47. The zero-order valence-electron chi connectivity index (χ0n) is 10.4. The minimum absolute atomic E-state index is 0. The van der Waals surface area contributed by atoms with Crippen LogP contribution in [0.15, 0.2) is 22.7 Å². The first-order valence-corrected chi connectivity index (χ1v) is 6.88. The Kier molecular flexibility index (Phi) is 6.23. The van der Waals surface area contributed by atoms with E-state index in [0.717, 1.165) is 19.3 Å². The Bertz CT molecular complexity index is 438. The van der Waals surface area contributed by atoms with Crippen LogP contribution in [0.1, 0.15) is 29.6 Å². The molecule has 1 atom stereocenters. The summed E-state index contributed by atoms with van der Waals surface area (Å²) in [7, 11) is 0. The molecule has 0 bridgehead atoms. The number of piperidine rings is 1. The number of benzene rings is 1. The number of likely N-dealkylation sites (tertiary alicyclic amines) is 1. The standard InChI is InChI=1S/C13H16BrFN2O.ClH/c14-10-5-9(6-11(15)7-10)13(18)17-4-2-1-3-12(17)8-16;/h5-7,12H,1-4,8,16H2;1H. The molecule has 1 unspecified atom stereocenters. The quantitative estimate of drug-likeness (QED) is 0.890. The van der Waals surface area contributed by atoms with Crippen LogP contribution in [-0.4, -0.2) is 29.9 Å². The molecule has 1 aliphatic heterocycles. The van der Waals surface area contributed by atoms with E-state index in [1.807, 2.05) is 0 Å². The number of hydrogen-bond acceptors (Lipinski definition) is 2. The van der Waals surface area contributed by atoms with Crippen LogP contribution < -0.4 is 5.73 Å². The Labute approximate surface area is 126 Å². The molecule has 2 rings (SSSR count). The first kappa shape index (κ1) is 16.4. The molecule has 1 heterocycles. The molecule has 1 amide bonds. The summed E-state index contributed by atoms with van der Waals surface area (Å²) in [5.41, 5.74) is 6.07. The molecule has 19 heavy (non-hydrogen) atoms. The third-order valence-corrected chi connectivity index (χ3v) is 3.73. The van der Waals surface area contributed by atoms with E-state index in [0.29, 0.717) is 23.1 Å². The second-order valence-corrected chi connectivity index (χ2v) is 5.46. The molecule has 6 heteroatoms. The van der Waals surface area contributed by atoms with Gasteiger partial charge in [0.25, 0.3) is 5.91 Å². The van der Waals surface area contributed by atoms with Crippen LogP contribution in [-0.2, 0) is 0 Å². The van der Waals surface area contributed by atoms with Gasteiger partial charge in [0.05, 0.1) is 0 Å². The molecular formula is C13H17BrClFN2O. The number of carbonyl (C=O) groups is 1. The number of rotatable bonds is 2. The van der Waals surface area contributed by atoms with Crippen LogP contribution in [0.25, 0.3) is 0 Å². The van der Waals surface area contributed by atoms with Crippen molar-refractivity contribution >= 4 is 34.2 Å². The molecule has 1 aromatic carbocycles. The smallest absolute Gasteiger partial charge is 0.254 e. The highest BCUT2D eigenvalue weighted by Gasteiger charge is 2.26. The van der Waals surface area contributed by atoms with Crippen molar-refractivity contribution in [2.24, 2.45) is 5.73 Å². The van der Waals surface area contributed by atoms with Crippen molar-refractivity contribution in [3.05, 3.63) is 34.1 Å². The number of halogens is 3. The summed E-state index contributed by atoms with van der Waals surface area (Å²) in [6, 6.07) is 4.34. The number of hydrogen-bond donors (Lipinski definition) is 1. The first-order valence-electron chi connectivity index (χ1n) is 6.09. The number of nitrogens with zero attached hydrogens (tertiary/aromatic N) is 1. The van der Waals surface area contributed by atoms with E-state index < -0.39 is 5.82 Å². The van der Waals surface area contributed by atoms with E-state index >= 15 is 0 Å². The summed E-state index contributed by atoms with van der Waals surface area (Å²) >= 11 is 3.20. The van der Waals surface area contributed by atoms with Crippen molar-refractivity contribution in [1.82, 2.24) is 4.90 Å². The van der Waals surface area contributed by atoms with Crippen molar-refractivity contribution in [3.63, 3.8) is 0 Å². The molecular weight excluding hydrogens is 335 g/mol. The molecule has 0 aliphatic carbocycles. The van der Waals surface area contributed by atoms with Gasteiger partial charge in [-0.1, -0.05) is 15.9 Å². The molecule has 0 spiro atoms. The van der Waals surface area contributed by atoms with Gasteiger partial charge in [0.15, 0.2) is 0 Å². The van der Waals surface area contributed by atoms with Crippen LogP contribution >= 0.6 is 28.3 Å². The van der Waals surface area contributed by atoms with Crippen molar-refractivity contribution in [2.75, 3.05) is 13.1 Å². The van der Waals surface area contributed by atoms with Crippen molar-refractivity contribution in [2.45, 2.75) is 25.3 Å². The van der Waals surface area contributed by atoms with Gasteiger partial charge in [0, 0.05) is 29.2 Å². The third-order valence-electron chi connectivity index (χ3n) is 3.27. The van der Waals surface area contributed by atoms with Crippen LogP contribution in [0.4, 0.5) is 4.39 Å². The lowest BCUT2D eigenvalue weighted by atomic mass is 10.0. The summed E-state index contributed by atoms with van der Waals surface area (Å²) in [4.78, 5) is 14.1. The van der Waals surface area contributed by atoms with E-state index in [-0.39, 0.29) is 24.4 Å². The molecule has 0 saturated carbocycles. The molecule has 1 aliphatic rings. The minimum Gasteiger partial charge on any atom is -0.334 e. The summed E-state index contributed by atoms with van der Waals surface area (Å²) in [5.74, 6) is -0.542. The maximum atomic E-state index is 13.3. The monoisotopic (exact) mass is 350 g/mol. The van der Waals surface area contributed by atoms with E-state index in [2.05, 4.69) is 15.9 Å². The Morgan fingerprint density at radius 2 is 2.16 bits per heavy atom. The lowest BCUT2D eigenvalue weighted by molar-refractivity contribution is 0.0623. The van der Waals surface area contributed by atoms with Crippen LogP contribution in [0.5, 0.6) is 0 Å². The number of nitrogens with two attached hydrogens (primary N) is 1. The average Bonchev–Trinajstić information content (AvgIpc) is 2.36. The van der Waals surface area contributed by atoms with Gasteiger partial charge in [0.2, 0.25) is 0 Å². The second-order valence-electron chi connectivity index (χ2n) is 4.54. The van der Waals surface area contributed by atoms with E-state index in [1.165, 1.54) is 12.1 Å². The van der Waals surface area contributed by atoms with E-state index in [4.69, 9.17) is 5.73 Å². The zero-order valence-corrected chi connectivity index (χ0v) is 12.8. The average molecular weight is 352 g/mol. The third kappa shape index (κ3) is 3.91. The highest BCUT2D eigenvalue weighted by molar-refractivity contribution is 9.10. The van der Waals surface area contributed by atoms with Crippen molar-refractivity contribution in [1.29, 1.82) is 0 Å². The molecule has 0 radical (unpaired) electrons. The van der Waals surface area contributed by atoms with Crippen LogP contribution in [0.3, 0.4) is 0 Å². The van der Waals surface area contributed by atoms with Crippen LogP contribution in [0, 0.1) is 5.82 Å². The molecule has 106 valence electrons. The maximum Gasteiger partial charge on any atom is 0.254 e. The normalized spacial score (nSPS) is 18.9. The van der Waals surface area contributed by atoms with Crippen molar-refractivity contribution in [3.8, 4) is 0 Å². The molecule has 1 saturated heterocycles. The molecule has 3 nitrogen and oxygen atoms in total. The van der Waals surface area contributed by atoms with Gasteiger partial charge in [-0.25, -0.2) is 4.39 Å². The topological polar surface area (TPSA) is 46.3 Å². The minimum atomic E-state index is -0.408. The maximum absolute atomic E-state index is 13.3. The summed E-state index contributed by atoms with van der Waals surface area (Å²) in [6.07, 6.45) is 3.01. The first-order chi connectivity index (χ1) is 8.61. The fourth-order valence-electron chi connectivity index (χ4n) is 2.36. The fraction of sp³-hybridized carbons (Fsp3) is 0.462. The molecule has 1 fully saturated rings. The van der Waals surface area contributed by atoms with E-state index in [1.54, 1.807) is 11.0 Å². The number of amides is 1. The highest BCUT2D eigenvalue weighted by atomic mass is 79.9. The zero-order chi connectivity index (χ0) is 13.1. The lowest BCUT2D eigenvalue weighted by Gasteiger charge is -2.35. The van der Waals surface area contributed by atoms with Gasteiger partial charge in [-0.05, 0) is 37.5 Å². The Balaban J connectivity index is 0.00000180. The Morgan fingerprint density at radius 1 is 1.42 bits per heavy atom. The fourth-order valence-corrected chi connectivity index (χ4v) is 2.82. The van der Waals surface area contributed by atoms with Gasteiger partial charge >= 0.3 is 0 Å². The molecule has 1 aromatic rings. The predicted octanol–water partition coefficient (Wildman–Crippen LogP) is 2.96. The Hall–Kier alpha value is -0.650. The number of carbonyl (C=O) groups excluding carboxylic acids is 1. The van der Waals surface area contributed by atoms with Gasteiger partial charge in [0.1, 0.15) is 5.82 Å². The van der Waals surface area contributed by atoms with Gasteiger partial charge in [-0.15, -0.1) is 12.4 Å². The summed E-state index contributed by atoms with van der Waals surface area (Å²) in [5, 5.41) is 0. The van der Waals surface area contributed by atoms with Gasteiger partial charge in [-0.3, -0.25) is 4.79 Å². The summed E-state index contributed by atoms with van der Waals surface area (Å²) in [6.45, 7) is 1.16. The SMILES string of the molecule is Cl.NCC1CCCCN1C(=O)c1cc(F)cc(Br)c1. The summed E-state index contributed by atoms with van der Waals surface area (Å²) < 4.78 is 13.9. The predicted molar refractivity (Wildman–Crippen MR) is 79.1 cm³/mol. The largest absolute Gasteiger partial charge is 0.334 e. The van der Waals surface area contributed by atoms with Gasteiger partial charge in [-0.2, -0.15) is 0 Å². The van der Waals surface area contributed by atoms with Crippen molar-refractivity contribution < 1.29 is 9.18 Å². The van der Waals surface area contributed by atoms with Gasteiger partial charge < -0.3 is 10.6 Å². The molecule has 0 aromatic heterocycles. The Morgan fingerprint density at radius 3 is 2.79 bits per heavy atom. The van der Waals surface area contributed by atoms with E-state index in [9.17, 15) is 9.18 Å². The molecule has 2 N–H and O–H groups in total. The van der Waals surface area contributed by atoms with Crippen LogP contribution in [0.2, 0.25) is 0 Å². The highest BCUT2D eigenvalue weighted by Crippen LogP contribution is 2.21. The second kappa shape index (κ2) is 7.22.